The number of Topliss-reactive ketones (excluding diaryl/α,β-unsaturated/α-hetero) is 1. The minimum absolute atomic E-state index is 0.0721. The molecule has 0 atom stereocenters. The first-order valence-corrected chi connectivity index (χ1v) is 6.21. The number of nitrogens with zero attached hydrogens (tertiary/aromatic N) is 1. The van der Waals surface area contributed by atoms with Crippen LogP contribution in [0.1, 0.15) is 16.1 Å². The minimum Gasteiger partial charge on any atom is -0.461 e. The van der Waals surface area contributed by atoms with Crippen LogP contribution in [0.15, 0.2) is 69.8 Å². The van der Waals surface area contributed by atoms with Crippen molar-refractivity contribution in [3.8, 4) is 6.07 Å². The Morgan fingerprint density at radius 2 is 1.95 bits per heavy atom. The number of carbonyl (C=O) groups excluding carboxylic acids is 1. The average Bonchev–Trinajstić information content (AvgIpc) is 2.99. The van der Waals surface area contributed by atoms with Gasteiger partial charge in [0.2, 0.25) is 5.78 Å². The Labute approximate surface area is 121 Å². The number of ketones is 1. The Bertz CT molecular complexity index is 692. The minimum atomic E-state index is -0.489. The molecule has 1 heterocycles. The third kappa shape index (κ3) is 3.47. The number of halogens is 1. The van der Waals surface area contributed by atoms with Gasteiger partial charge in [-0.2, -0.15) is 5.26 Å². The number of rotatable bonds is 4. The van der Waals surface area contributed by atoms with Crippen molar-refractivity contribution in [2.24, 2.45) is 0 Å². The van der Waals surface area contributed by atoms with Crippen molar-refractivity contribution >= 4 is 23.5 Å². The summed E-state index contributed by atoms with van der Waals surface area (Å²) in [6.07, 6.45) is 4.39. The fraction of sp³-hybridized carbons (Fsp3) is 0. The van der Waals surface area contributed by atoms with E-state index in [0.29, 0.717) is 5.03 Å². The molecule has 0 saturated heterocycles. The van der Waals surface area contributed by atoms with Gasteiger partial charge < -0.3 is 4.42 Å². The van der Waals surface area contributed by atoms with Crippen molar-refractivity contribution in [3.05, 3.63) is 76.7 Å². The zero-order valence-electron chi connectivity index (χ0n) is 10.4. The van der Waals surface area contributed by atoms with Crippen LogP contribution < -0.4 is 0 Å². The Balaban J connectivity index is 2.26. The van der Waals surface area contributed by atoms with E-state index in [1.54, 1.807) is 12.1 Å². The van der Waals surface area contributed by atoms with E-state index in [0.717, 1.165) is 5.56 Å². The number of hydrogen-bond donors (Lipinski definition) is 0. The SMILES string of the molecule is N#C/C(=C\C(Cl)=C\c1ccccc1)C(=O)c1ccco1. The van der Waals surface area contributed by atoms with Gasteiger partial charge in [-0.05, 0) is 29.8 Å². The normalized spacial score (nSPS) is 12.0. The summed E-state index contributed by atoms with van der Waals surface area (Å²) >= 11 is 6.05. The Morgan fingerprint density at radius 1 is 1.20 bits per heavy atom. The molecule has 98 valence electrons. The van der Waals surface area contributed by atoms with Gasteiger partial charge in [0.25, 0.3) is 0 Å². The third-order valence-corrected chi connectivity index (χ3v) is 2.71. The van der Waals surface area contributed by atoms with Crippen LogP contribution >= 0.6 is 11.6 Å². The third-order valence-electron chi connectivity index (χ3n) is 2.50. The van der Waals surface area contributed by atoms with Crippen LogP contribution in [0.25, 0.3) is 6.08 Å². The molecule has 0 radical (unpaired) electrons. The summed E-state index contributed by atoms with van der Waals surface area (Å²) < 4.78 is 4.97. The monoisotopic (exact) mass is 283 g/mol. The van der Waals surface area contributed by atoms with E-state index < -0.39 is 5.78 Å². The van der Waals surface area contributed by atoms with E-state index in [1.807, 2.05) is 36.4 Å². The maximum absolute atomic E-state index is 12.0. The van der Waals surface area contributed by atoms with E-state index in [-0.39, 0.29) is 11.3 Å². The highest BCUT2D eigenvalue weighted by molar-refractivity contribution is 6.33. The molecule has 4 heteroatoms. The summed E-state index contributed by atoms with van der Waals surface area (Å²) in [5.74, 6) is -0.376. The van der Waals surface area contributed by atoms with Crippen LogP contribution in [0, 0.1) is 11.3 Å². The molecule has 0 aliphatic rings. The van der Waals surface area contributed by atoms with E-state index in [4.69, 9.17) is 21.3 Å². The van der Waals surface area contributed by atoms with Crippen molar-refractivity contribution < 1.29 is 9.21 Å². The number of nitriles is 1. The molecule has 0 unspecified atom stereocenters. The molecule has 0 aliphatic carbocycles. The number of furan rings is 1. The van der Waals surface area contributed by atoms with Gasteiger partial charge >= 0.3 is 0 Å². The number of hydrogen-bond acceptors (Lipinski definition) is 3. The molecule has 0 saturated carbocycles. The molecule has 0 amide bonds. The fourth-order valence-corrected chi connectivity index (χ4v) is 1.81. The van der Waals surface area contributed by atoms with Gasteiger partial charge in [-0.3, -0.25) is 4.79 Å². The zero-order chi connectivity index (χ0) is 14.4. The van der Waals surface area contributed by atoms with E-state index >= 15 is 0 Å². The second-order valence-electron chi connectivity index (χ2n) is 3.92. The molecular formula is C16H10ClNO2. The zero-order valence-corrected chi connectivity index (χ0v) is 11.2. The van der Waals surface area contributed by atoms with Crippen molar-refractivity contribution in [2.75, 3.05) is 0 Å². The van der Waals surface area contributed by atoms with E-state index in [2.05, 4.69) is 0 Å². The average molecular weight is 284 g/mol. The first kappa shape index (κ1) is 13.9. The first-order valence-electron chi connectivity index (χ1n) is 5.83. The lowest BCUT2D eigenvalue weighted by molar-refractivity contribution is 0.101. The molecule has 20 heavy (non-hydrogen) atoms. The molecule has 0 spiro atoms. The highest BCUT2D eigenvalue weighted by Crippen LogP contribution is 2.16. The van der Waals surface area contributed by atoms with E-state index in [9.17, 15) is 4.79 Å². The quantitative estimate of drug-likeness (QED) is 0.366. The maximum Gasteiger partial charge on any atom is 0.238 e. The van der Waals surface area contributed by atoms with E-state index in [1.165, 1.54) is 18.4 Å². The van der Waals surface area contributed by atoms with Crippen molar-refractivity contribution in [1.29, 1.82) is 5.26 Å². The molecule has 0 bridgehead atoms. The summed E-state index contributed by atoms with van der Waals surface area (Å²) in [5, 5.41) is 9.34. The molecule has 0 N–H and O–H groups in total. The molecule has 0 aliphatic heterocycles. The lowest BCUT2D eigenvalue weighted by atomic mass is 10.1. The van der Waals surface area contributed by atoms with Gasteiger partial charge in [0.15, 0.2) is 5.76 Å². The fourth-order valence-electron chi connectivity index (χ4n) is 1.58. The van der Waals surface area contributed by atoms with Gasteiger partial charge in [0.05, 0.1) is 6.26 Å². The van der Waals surface area contributed by atoms with Gasteiger partial charge in [0, 0.05) is 5.03 Å². The van der Waals surface area contributed by atoms with Gasteiger partial charge in [-0.1, -0.05) is 41.9 Å². The molecule has 0 fully saturated rings. The second kappa shape index (κ2) is 6.55. The molecule has 1 aromatic carbocycles. The predicted molar refractivity (Wildman–Crippen MR) is 77.0 cm³/mol. The van der Waals surface area contributed by atoms with Gasteiger partial charge in [-0.25, -0.2) is 0 Å². The standard InChI is InChI=1S/C16H10ClNO2/c17-14(9-12-5-2-1-3-6-12)10-13(11-18)16(19)15-7-4-8-20-15/h1-10H/b13-10+,14-9-. The Kier molecular flexibility index (Phi) is 4.54. The van der Waals surface area contributed by atoms with Gasteiger partial charge in [0.1, 0.15) is 11.6 Å². The Morgan fingerprint density at radius 3 is 2.55 bits per heavy atom. The lowest BCUT2D eigenvalue weighted by Crippen LogP contribution is -2.00. The topological polar surface area (TPSA) is 54.0 Å². The first-order chi connectivity index (χ1) is 9.70. The summed E-state index contributed by atoms with van der Waals surface area (Å²) in [5.41, 5.74) is 0.814. The predicted octanol–water partition coefficient (Wildman–Crippen LogP) is 4.19. The Hall–Kier alpha value is -2.57. The van der Waals surface area contributed by atoms with Crippen molar-refractivity contribution in [2.45, 2.75) is 0 Å². The molecular weight excluding hydrogens is 274 g/mol. The molecule has 1 aromatic heterocycles. The lowest BCUT2D eigenvalue weighted by Gasteiger charge is -1.96. The van der Waals surface area contributed by atoms with Crippen molar-refractivity contribution in [3.63, 3.8) is 0 Å². The van der Waals surface area contributed by atoms with Crippen LogP contribution in [0.2, 0.25) is 0 Å². The largest absolute Gasteiger partial charge is 0.461 e. The highest BCUT2D eigenvalue weighted by atomic mass is 35.5. The number of carbonyl (C=O) groups is 1. The van der Waals surface area contributed by atoms with Crippen LogP contribution in [0.5, 0.6) is 0 Å². The summed E-state index contributed by atoms with van der Waals surface area (Å²) in [7, 11) is 0. The smallest absolute Gasteiger partial charge is 0.238 e. The summed E-state index contributed by atoms with van der Waals surface area (Å²) in [6.45, 7) is 0. The second-order valence-corrected chi connectivity index (χ2v) is 4.35. The highest BCUT2D eigenvalue weighted by Gasteiger charge is 2.14. The number of benzene rings is 1. The molecule has 2 rings (SSSR count). The van der Waals surface area contributed by atoms with Crippen LogP contribution in [-0.4, -0.2) is 5.78 Å². The van der Waals surface area contributed by atoms with Crippen molar-refractivity contribution in [1.82, 2.24) is 0 Å². The maximum atomic E-state index is 12.0. The van der Waals surface area contributed by atoms with Crippen LogP contribution in [0.4, 0.5) is 0 Å². The van der Waals surface area contributed by atoms with Crippen LogP contribution in [-0.2, 0) is 0 Å². The van der Waals surface area contributed by atoms with Crippen LogP contribution in [0.3, 0.4) is 0 Å². The summed E-state index contributed by atoms with van der Waals surface area (Å²) in [6, 6.07) is 14.3. The number of allylic oxidation sites excluding steroid dienone is 3. The molecule has 3 nitrogen and oxygen atoms in total. The van der Waals surface area contributed by atoms with Gasteiger partial charge in [-0.15, -0.1) is 0 Å². The summed E-state index contributed by atoms with van der Waals surface area (Å²) in [4.78, 5) is 12.0. The molecule has 2 aromatic rings.